The molecular weight excluding hydrogens is 245 g/mol. The highest BCUT2D eigenvalue weighted by atomic mass is 19.1. The van der Waals surface area contributed by atoms with Gasteiger partial charge < -0.3 is 10.0 Å². The Morgan fingerprint density at radius 3 is 2.63 bits per heavy atom. The van der Waals surface area contributed by atoms with E-state index in [1.165, 1.54) is 13.0 Å². The lowest BCUT2D eigenvalue weighted by molar-refractivity contribution is 0.101. The molecule has 0 spiro atoms. The lowest BCUT2D eigenvalue weighted by Gasteiger charge is -2.36. The third-order valence-corrected chi connectivity index (χ3v) is 3.93. The molecule has 3 nitrogen and oxygen atoms in total. The van der Waals surface area contributed by atoms with Gasteiger partial charge in [0.15, 0.2) is 5.78 Å². The third-order valence-electron chi connectivity index (χ3n) is 3.93. The average Bonchev–Trinajstić information content (AvgIpc) is 2.38. The van der Waals surface area contributed by atoms with Crippen LogP contribution < -0.4 is 4.90 Å². The number of rotatable bonds is 3. The number of anilines is 1. The van der Waals surface area contributed by atoms with E-state index in [2.05, 4.69) is 0 Å². The van der Waals surface area contributed by atoms with Gasteiger partial charge in [-0.1, -0.05) is 12.8 Å². The number of aliphatic hydroxyl groups excluding tert-OH is 1. The summed E-state index contributed by atoms with van der Waals surface area (Å²) in [5.41, 5.74) is 0.815. The highest BCUT2D eigenvalue weighted by molar-refractivity contribution is 5.94. The van der Waals surface area contributed by atoms with Gasteiger partial charge >= 0.3 is 0 Å². The van der Waals surface area contributed by atoms with Crippen LogP contribution in [-0.4, -0.2) is 30.1 Å². The van der Waals surface area contributed by atoms with Crippen molar-refractivity contribution < 1.29 is 14.3 Å². The molecule has 1 saturated carbocycles. The number of likely N-dealkylation sites (N-methyl/N-ethyl adjacent to an activating group) is 1. The van der Waals surface area contributed by atoms with E-state index in [1.54, 1.807) is 24.1 Å². The minimum Gasteiger partial charge on any atom is -0.391 e. The van der Waals surface area contributed by atoms with Crippen LogP contribution >= 0.6 is 0 Å². The summed E-state index contributed by atoms with van der Waals surface area (Å²) >= 11 is 0. The number of hydrogen-bond acceptors (Lipinski definition) is 3. The molecule has 1 aromatic carbocycles. The zero-order valence-corrected chi connectivity index (χ0v) is 11.4. The van der Waals surface area contributed by atoms with Crippen LogP contribution in [0.15, 0.2) is 18.2 Å². The molecule has 19 heavy (non-hydrogen) atoms. The van der Waals surface area contributed by atoms with Crippen LogP contribution in [0.25, 0.3) is 0 Å². The maximum absolute atomic E-state index is 14.1. The Balaban J connectivity index is 2.23. The van der Waals surface area contributed by atoms with Gasteiger partial charge in [-0.3, -0.25) is 4.79 Å². The van der Waals surface area contributed by atoms with Crippen LogP contribution in [0.1, 0.15) is 43.0 Å². The molecule has 0 aromatic heterocycles. The van der Waals surface area contributed by atoms with Crippen LogP contribution in [0.3, 0.4) is 0 Å². The molecule has 104 valence electrons. The number of halogens is 1. The molecule has 4 heteroatoms. The van der Waals surface area contributed by atoms with E-state index in [1.807, 2.05) is 0 Å². The van der Waals surface area contributed by atoms with Crippen molar-refractivity contribution in [3.8, 4) is 0 Å². The molecule has 0 amide bonds. The molecule has 1 fully saturated rings. The summed E-state index contributed by atoms with van der Waals surface area (Å²) in [6.45, 7) is 1.42. The first kappa shape index (κ1) is 14.0. The summed E-state index contributed by atoms with van der Waals surface area (Å²) in [6, 6.07) is 4.47. The Hall–Kier alpha value is -1.42. The van der Waals surface area contributed by atoms with E-state index < -0.39 is 11.9 Å². The summed E-state index contributed by atoms with van der Waals surface area (Å²) in [6.07, 6.45) is 3.30. The zero-order valence-electron chi connectivity index (χ0n) is 11.4. The largest absolute Gasteiger partial charge is 0.391 e. The number of carbonyl (C=O) groups excluding carboxylic acids is 1. The van der Waals surface area contributed by atoms with E-state index in [0.717, 1.165) is 25.7 Å². The average molecular weight is 265 g/mol. The quantitative estimate of drug-likeness (QED) is 0.854. The van der Waals surface area contributed by atoms with Gasteiger partial charge in [-0.15, -0.1) is 0 Å². The Morgan fingerprint density at radius 1 is 1.37 bits per heavy atom. The Kier molecular flexibility index (Phi) is 4.20. The fourth-order valence-corrected chi connectivity index (χ4v) is 2.73. The Bertz CT molecular complexity index is 475. The van der Waals surface area contributed by atoms with Gasteiger partial charge in [0.25, 0.3) is 0 Å². The first-order valence-electron chi connectivity index (χ1n) is 6.72. The molecule has 0 bridgehead atoms. The van der Waals surface area contributed by atoms with E-state index >= 15 is 0 Å². The maximum Gasteiger partial charge on any atom is 0.159 e. The summed E-state index contributed by atoms with van der Waals surface area (Å²) in [5.74, 6) is -0.557. The van der Waals surface area contributed by atoms with Crippen LogP contribution in [0.2, 0.25) is 0 Å². The monoisotopic (exact) mass is 265 g/mol. The molecule has 2 rings (SSSR count). The van der Waals surface area contributed by atoms with Crippen molar-refractivity contribution >= 4 is 11.5 Å². The van der Waals surface area contributed by atoms with E-state index in [0.29, 0.717) is 11.3 Å². The van der Waals surface area contributed by atoms with Crippen molar-refractivity contribution in [2.45, 2.75) is 44.8 Å². The lowest BCUT2D eigenvalue weighted by atomic mass is 9.91. The molecule has 1 aliphatic rings. The molecule has 0 radical (unpaired) electrons. The first-order valence-corrected chi connectivity index (χ1v) is 6.72. The van der Waals surface area contributed by atoms with Crippen molar-refractivity contribution in [3.05, 3.63) is 29.6 Å². The molecule has 1 aromatic rings. The molecule has 1 aliphatic carbocycles. The summed E-state index contributed by atoms with van der Waals surface area (Å²) in [5, 5.41) is 10.0. The van der Waals surface area contributed by atoms with Crippen molar-refractivity contribution in [3.63, 3.8) is 0 Å². The number of ketones is 1. The molecule has 0 aliphatic heterocycles. The van der Waals surface area contributed by atoms with Crippen molar-refractivity contribution in [1.29, 1.82) is 0 Å². The van der Waals surface area contributed by atoms with Crippen molar-refractivity contribution in [1.82, 2.24) is 0 Å². The third kappa shape index (κ3) is 2.95. The van der Waals surface area contributed by atoms with Crippen molar-refractivity contribution in [2.75, 3.05) is 11.9 Å². The second-order valence-corrected chi connectivity index (χ2v) is 5.25. The van der Waals surface area contributed by atoms with E-state index in [4.69, 9.17) is 0 Å². The molecule has 0 saturated heterocycles. The second kappa shape index (κ2) is 5.70. The van der Waals surface area contributed by atoms with Gasteiger partial charge in [0, 0.05) is 12.6 Å². The van der Waals surface area contributed by atoms with Gasteiger partial charge in [0.05, 0.1) is 17.8 Å². The highest BCUT2D eigenvalue weighted by Crippen LogP contribution is 2.28. The first-order chi connectivity index (χ1) is 9.00. The lowest BCUT2D eigenvalue weighted by Crippen LogP contribution is -2.43. The fourth-order valence-electron chi connectivity index (χ4n) is 2.73. The van der Waals surface area contributed by atoms with Crippen molar-refractivity contribution in [2.24, 2.45) is 0 Å². The topological polar surface area (TPSA) is 40.5 Å². The normalized spacial score (nSPS) is 23.2. The summed E-state index contributed by atoms with van der Waals surface area (Å²) in [4.78, 5) is 13.0. The van der Waals surface area contributed by atoms with Gasteiger partial charge in [0.2, 0.25) is 0 Å². The second-order valence-electron chi connectivity index (χ2n) is 5.25. The maximum atomic E-state index is 14.1. The predicted octanol–water partition coefficient (Wildman–Crippen LogP) is 2.77. The number of carbonyl (C=O) groups is 1. The molecule has 0 heterocycles. The predicted molar refractivity (Wildman–Crippen MR) is 73.1 cm³/mol. The van der Waals surface area contributed by atoms with Gasteiger partial charge in [-0.2, -0.15) is 0 Å². The standard InChI is InChI=1S/C15H20FNO2/c1-10(18)11-7-8-13(12(16)9-11)17(2)14-5-3-4-6-15(14)19/h7-9,14-15,19H,3-6H2,1-2H3. The van der Waals surface area contributed by atoms with Gasteiger partial charge in [-0.05, 0) is 38.0 Å². The van der Waals surface area contributed by atoms with E-state index in [-0.39, 0.29) is 11.8 Å². The van der Waals surface area contributed by atoms with Gasteiger partial charge in [-0.25, -0.2) is 4.39 Å². The SMILES string of the molecule is CC(=O)c1ccc(N(C)C2CCCCC2O)c(F)c1. The molecule has 1 N–H and O–H groups in total. The number of Topliss-reactive ketones (excluding diaryl/α,β-unsaturated/α-hetero) is 1. The number of nitrogens with zero attached hydrogens (tertiary/aromatic N) is 1. The highest BCUT2D eigenvalue weighted by Gasteiger charge is 2.28. The molecular formula is C15H20FNO2. The van der Waals surface area contributed by atoms with Crippen LogP contribution in [-0.2, 0) is 0 Å². The minimum atomic E-state index is -0.411. The summed E-state index contributed by atoms with van der Waals surface area (Å²) < 4.78 is 14.1. The minimum absolute atomic E-state index is 0.0496. The fraction of sp³-hybridized carbons (Fsp3) is 0.533. The van der Waals surface area contributed by atoms with Crippen LogP contribution in [0.5, 0.6) is 0 Å². The van der Waals surface area contributed by atoms with Crippen LogP contribution in [0.4, 0.5) is 10.1 Å². The summed E-state index contributed by atoms with van der Waals surface area (Å²) in [7, 11) is 1.80. The number of benzene rings is 1. The zero-order chi connectivity index (χ0) is 14.0. The molecule has 2 unspecified atom stereocenters. The Morgan fingerprint density at radius 2 is 2.05 bits per heavy atom. The Labute approximate surface area is 113 Å². The molecule has 2 atom stereocenters. The number of hydrogen-bond donors (Lipinski definition) is 1. The number of aliphatic hydroxyl groups is 1. The smallest absolute Gasteiger partial charge is 0.159 e. The van der Waals surface area contributed by atoms with Gasteiger partial charge in [0.1, 0.15) is 5.82 Å². The van der Waals surface area contributed by atoms with E-state index in [9.17, 15) is 14.3 Å². The van der Waals surface area contributed by atoms with Crippen LogP contribution in [0, 0.1) is 5.82 Å².